The van der Waals surface area contributed by atoms with E-state index in [9.17, 15) is 8.78 Å². The molecule has 1 aromatic carbocycles. The zero-order chi connectivity index (χ0) is 13.2. The van der Waals surface area contributed by atoms with Gasteiger partial charge in [0.25, 0.3) is 6.43 Å². The predicted octanol–water partition coefficient (Wildman–Crippen LogP) is 2.47. The maximum atomic E-state index is 13.4. The number of nitrogens with zero attached hydrogens (tertiary/aromatic N) is 1. The van der Waals surface area contributed by atoms with Crippen LogP contribution in [0.15, 0.2) is 18.2 Å². The molecule has 1 saturated heterocycles. The molecule has 0 saturated carbocycles. The highest BCUT2D eigenvalue weighted by atomic mass is 35.5. The summed E-state index contributed by atoms with van der Waals surface area (Å²) in [6, 6.07) is 4.19. The first-order valence-corrected chi connectivity index (χ1v) is 6.38. The number of ether oxygens (including phenoxy) is 2. The number of hydrogen-bond acceptors (Lipinski definition) is 4. The molecule has 0 aromatic heterocycles. The molecule has 2 aliphatic rings. The fourth-order valence-electron chi connectivity index (χ4n) is 2.57. The zero-order valence-electron chi connectivity index (χ0n) is 11.3. The van der Waals surface area contributed by atoms with Crippen molar-refractivity contribution in [3.8, 4) is 11.5 Å². The lowest BCUT2D eigenvalue weighted by molar-refractivity contribution is 0.0181. The lowest BCUT2D eigenvalue weighted by Crippen LogP contribution is -2.46. The van der Waals surface area contributed by atoms with Gasteiger partial charge in [-0.15, -0.1) is 24.8 Å². The van der Waals surface area contributed by atoms with Crippen molar-refractivity contribution in [3.63, 3.8) is 0 Å². The second-order valence-corrected chi connectivity index (χ2v) is 4.68. The van der Waals surface area contributed by atoms with Gasteiger partial charge in [-0.25, -0.2) is 8.78 Å². The molecule has 0 radical (unpaired) electrons. The van der Waals surface area contributed by atoms with Crippen molar-refractivity contribution in [2.24, 2.45) is 0 Å². The van der Waals surface area contributed by atoms with Gasteiger partial charge in [0, 0.05) is 26.2 Å². The van der Waals surface area contributed by atoms with Crippen LogP contribution in [0.5, 0.6) is 11.5 Å². The maximum Gasteiger partial charge on any atom is 0.258 e. The normalized spacial score (nSPS) is 18.8. The Labute approximate surface area is 134 Å². The highest BCUT2D eigenvalue weighted by molar-refractivity contribution is 5.85. The van der Waals surface area contributed by atoms with E-state index in [1.807, 2.05) is 4.90 Å². The lowest BCUT2D eigenvalue weighted by atomic mass is 10.0. The van der Waals surface area contributed by atoms with Crippen LogP contribution in [0, 0.1) is 0 Å². The Bertz CT molecular complexity index is 460. The van der Waals surface area contributed by atoms with Crippen LogP contribution in [0.1, 0.15) is 11.6 Å². The summed E-state index contributed by atoms with van der Waals surface area (Å²) in [5.74, 6) is 1.18. The topological polar surface area (TPSA) is 33.7 Å². The molecule has 0 bridgehead atoms. The quantitative estimate of drug-likeness (QED) is 0.914. The van der Waals surface area contributed by atoms with Gasteiger partial charge in [0.15, 0.2) is 11.5 Å². The van der Waals surface area contributed by atoms with Gasteiger partial charge < -0.3 is 14.8 Å². The molecule has 0 aliphatic carbocycles. The van der Waals surface area contributed by atoms with Crippen molar-refractivity contribution >= 4 is 24.8 Å². The Kier molecular flexibility index (Phi) is 6.93. The lowest BCUT2D eigenvalue weighted by Gasteiger charge is -2.34. The fraction of sp³-hybridized carbons (Fsp3) is 0.538. The second-order valence-electron chi connectivity index (χ2n) is 4.68. The minimum Gasteiger partial charge on any atom is -0.454 e. The van der Waals surface area contributed by atoms with Crippen molar-refractivity contribution in [2.75, 3.05) is 33.0 Å². The highest BCUT2D eigenvalue weighted by Crippen LogP contribution is 2.37. The third-order valence-electron chi connectivity index (χ3n) is 3.52. The third-order valence-corrected chi connectivity index (χ3v) is 3.52. The number of nitrogens with one attached hydrogen (secondary N) is 1. The second kappa shape index (κ2) is 7.98. The van der Waals surface area contributed by atoms with Crippen molar-refractivity contribution in [1.29, 1.82) is 0 Å². The van der Waals surface area contributed by atoms with Gasteiger partial charge in [0.1, 0.15) is 0 Å². The van der Waals surface area contributed by atoms with Crippen LogP contribution in [-0.2, 0) is 0 Å². The summed E-state index contributed by atoms with van der Waals surface area (Å²) in [4.78, 5) is 1.82. The highest BCUT2D eigenvalue weighted by Gasteiger charge is 2.31. The maximum absolute atomic E-state index is 13.4. The minimum atomic E-state index is -2.42. The zero-order valence-corrected chi connectivity index (χ0v) is 12.9. The van der Waals surface area contributed by atoms with E-state index in [1.54, 1.807) is 18.2 Å². The number of fused-ring (bicyclic) bond motifs is 1. The van der Waals surface area contributed by atoms with Crippen LogP contribution in [0.4, 0.5) is 8.78 Å². The molecule has 2 heterocycles. The van der Waals surface area contributed by atoms with Crippen LogP contribution < -0.4 is 14.8 Å². The fourth-order valence-corrected chi connectivity index (χ4v) is 2.57. The van der Waals surface area contributed by atoms with Crippen LogP contribution in [0.3, 0.4) is 0 Å². The summed E-state index contributed by atoms with van der Waals surface area (Å²) in [5.41, 5.74) is 0.584. The van der Waals surface area contributed by atoms with Crippen LogP contribution >= 0.6 is 24.8 Å². The van der Waals surface area contributed by atoms with E-state index in [-0.39, 0.29) is 31.6 Å². The Morgan fingerprint density at radius 3 is 2.38 bits per heavy atom. The molecule has 3 rings (SSSR count). The molecule has 1 aromatic rings. The molecule has 21 heavy (non-hydrogen) atoms. The first kappa shape index (κ1) is 18.2. The molecule has 0 unspecified atom stereocenters. The van der Waals surface area contributed by atoms with Gasteiger partial charge >= 0.3 is 0 Å². The number of hydrogen-bond donors (Lipinski definition) is 1. The van der Waals surface area contributed by atoms with Crippen molar-refractivity contribution < 1.29 is 18.3 Å². The summed E-state index contributed by atoms with van der Waals surface area (Å²) in [6.07, 6.45) is -2.42. The van der Waals surface area contributed by atoms with Crippen LogP contribution in [-0.4, -0.2) is 44.3 Å². The average Bonchev–Trinajstić information content (AvgIpc) is 2.87. The van der Waals surface area contributed by atoms with E-state index < -0.39 is 12.5 Å². The molecule has 4 nitrogen and oxygen atoms in total. The summed E-state index contributed by atoms with van der Waals surface area (Å²) in [6.45, 7) is 2.90. The molecule has 2 aliphatic heterocycles. The van der Waals surface area contributed by atoms with E-state index in [1.165, 1.54) is 0 Å². The van der Waals surface area contributed by atoms with Gasteiger partial charge in [-0.1, -0.05) is 6.07 Å². The van der Waals surface area contributed by atoms with Crippen molar-refractivity contribution in [1.82, 2.24) is 10.2 Å². The Hall–Kier alpha value is -0.820. The number of benzene rings is 1. The standard InChI is InChI=1S/C13H16F2N2O2.2ClH/c14-13(15)12(17-5-3-16-4-6-17)9-1-2-10-11(7-9)19-8-18-10;;/h1-2,7,12-13,16H,3-6,8H2;2*1H/t12-;;/m0../s1. The van der Waals surface area contributed by atoms with Crippen molar-refractivity contribution in [3.05, 3.63) is 23.8 Å². The minimum absolute atomic E-state index is 0. The molecule has 1 fully saturated rings. The van der Waals surface area contributed by atoms with Gasteiger partial charge in [-0.2, -0.15) is 0 Å². The van der Waals surface area contributed by atoms with E-state index >= 15 is 0 Å². The number of rotatable bonds is 3. The molecule has 1 atom stereocenters. The van der Waals surface area contributed by atoms with Gasteiger partial charge in [0.05, 0.1) is 6.04 Å². The molecule has 8 heteroatoms. The summed E-state index contributed by atoms with van der Waals surface area (Å²) >= 11 is 0. The van der Waals surface area contributed by atoms with E-state index in [4.69, 9.17) is 9.47 Å². The first-order valence-electron chi connectivity index (χ1n) is 6.38. The summed E-state index contributed by atoms with van der Waals surface area (Å²) in [5, 5.41) is 3.17. The van der Waals surface area contributed by atoms with Gasteiger partial charge in [-0.05, 0) is 17.7 Å². The Balaban J connectivity index is 0.00000110. The monoisotopic (exact) mass is 342 g/mol. The van der Waals surface area contributed by atoms with Crippen LogP contribution in [0.25, 0.3) is 0 Å². The molecular weight excluding hydrogens is 325 g/mol. The molecule has 0 amide bonds. The average molecular weight is 343 g/mol. The van der Waals surface area contributed by atoms with Crippen LogP contribution in [0.2, 0.25) is 0 Å². The van der Waals surface area contributed by atoms with Gasteiger partial charge in [-0.3, -0.25) is 4.90 Å². The van der Waals surface area contributed by atoms with E-state index in [2.05, 4.69) is 5.32 Å². The smallest absolute Gasteiger partial charge is 0.258 e. The summed E-state index contributed by atoms with van der Waals surface area (Å²) in [7, 11) is 0. The summed E-state index contributed by atoms with van der Waals surface area (Å²) < 4.78 is 37.2. The number of halogens is 4. The van der Waals surface area contributed by atoms with Gasteiger partial charge in [0.2, 0.25) is 6.79 Å². The first-order chi connectivity index (χ1) is 9.25. The van der Waals surface area contributed by atoms with E-state index in [0.29, 0.717) is 30.2 Å². The van der Waals surface area contributed by atoms with E-state index in [0.717, 1.165) is 13.1 Å². The molecule has 0 spiro atoms. The molecular formula is C13H18Cl2F2N2O2. The Morgan fingerprint density at radius 2 is 1.71 bits per heavy atom. The number of piperazine rings is 1. The molecule has 120 valence electrons. The van der Waals surface area contributed by atoms with Crippen molar-refractivity contribution in [2.45, 2.75) is 12.5 Å². The predicted molar refractivity (Wildman–Crippen MR) is 80.2 cm³/mol. The molecule has 1 N–H and O–H groups in total. The SMILES string of the molecule is Cl.Cl.FC(F)[C@H](c1ccc2c(c1)OCO2)N1CCNCC1. The third kappa shape index (κ3) is 3.88. The number of alkyl halides is 2. The largest absolute Gasteiger partial charge is 0.454 e. The Morgan fingerprint density at radius 1 is 1.05 bits per heavy atom.